The van der Waals surface area contributed by atoms with E-state index >= 15 is 0 Å². The Bertz CT molecular complexity index is 661. The molecule has 0 radical (unpaired) electrons. The first kappa shape index (κ1) is 14.4. The van der Waals surface area contributed by atoms with Gasteiger partial charge in [-0.1, -0.05) is 0 Å². The van der Waals surface area contributed by atoms with E-state index in [2.05, 4.69) is 4.98 Å². The molecule has 0 spiro atoms. The minimum Gasteiger partial charge on any atom is -0.481 e. The molecule has 20 heavy (non-hydrogen) atoms. The number of rotatable bonds is 3. The number of benzene rings is 1. The number of hydrogen-bond donors (Lipinski definition) is 1. The summed E-state index contributed by atoms with van der Waals surface area (Å²) in [5.41, 5.74) is 2.95. The first-order valence-electron chi connectivity index (χ1n) is 5.91. The molecule has 0 saturated carbocycles. The van der Waals surface area contributed by atoms with Crippen LogP contribution in [0, 0.1) is 19.8 Å². The molecule has 0 amide bonds. The van der Waals surface area contributed by atoms with Gasteiger partial charge < -0.3 is 9.67 Å². The second kappa shape index (κ2) is 4.81. The fraction of sp³-hybridized carbons (Fsp3) is 0.385. The number of aliphatic carboxylic acids is 1. The smallest absolute Gasteiger partial charge is 0.403 e. The van der Waals surface area contributed by atoms with Crippen LogP contribution in [-0.2, 0) is 11.3 Å². The molecular weight excluding hydrogens is 273 g/mol. The number of aryl methyl sites for hydroxylation is 2. The summed E-state index contributed by atoms with van der Waals surface area (Å²) in [7, 11) is 0. The van der Waals surface area contributed by atoms with E-state index in [9.17, 15) is 18.0 Å². The van der Waals surface area contributed by atoms with Crippen molar-refractivity contribution in [3.8, 4) is 0 Å². The zero-order chi connectivity index (χ0) is 15.1. The molecule has 1 aromatic heterocycles. The number of carboxylic acids is 1. The van der Waals surface area contributed by atoms with Gasteiger partial charge in [0.05, 0.1) is 17.4 Å². The number of hydrogen-bond acceptors (Lipinski definition) is 2. The molecule has 1 N–H and O–H groups in total. The summed E-state index contributed by atoms with van der Waals surface area (Å²) in [6, 6.07) is 3.48. The van der Waals surface area contributed by atoms with Gasteiger partial charge in [0.2, 0.25) is 0 Å². The van der Waals surface area contributed by atoms with Crippen LogP contribution in [0.1, 0.15) is 11.1 Å². The lowest BCUT2D eigenvalue weighted by Crippen LogP contribution is -2.34. The van der Waals surface area contributed by atoms with Crippen LogP contribution in [0.3, 0.4) is 0 Å². The Labute approximate surface area is 112 Å². The Morgan fingerprint density at radius 2 is 1.95 bits per heavy atom. The second-order valence-corrected chi connectivity index (χ2v) is 4.75. The van der Waals surface area contributed by atoms with Crippen LogP contribution < -0.4 is 0 Å². The fourth-order valence-corrected chi connectivity index (χ4v) is 1.98. The lowest BCUT2D eigenvalue weighted by Gasteiger charge is -2.17. The number of imidazole rings is 1. The quantitative estimate of drug-likeness (QED) is 0.943. The number of aromatic nitrogens is 2. The molecule has 0 fully saturated rings. The maximum absolute atomic E-state index is 12.7. The van der Waals surface area contributed by atoms with E-state index in [-0.39, 0.29) is 0 Å². The summed E-state index contributed by atoms with van der Waals surface area (Å²) in [4.78, 5) is 14.8. The fourth-order valence-electron chi connectivity index (χ4n) is 1.98. The molecule has 0 aliphatic carbocycles. The highest BCUT2D eigenvalue weighted by Gasteiger charge is 2.45. The normalized spacial score (nSPS) is 13.7. The van der Waals surface area contributed by atoms with Crippen molar-refractivity contribution in [2.24, 2.45) is 5.92 Å². The van der Waals surface area contributed by atoms with Gasteiger partial charge in [0.25, 0.3) is 0 Å². The van der Waals surface area contributed by atoms with Gasteiger partial charge in [0.1, 0.15) is 0 Å². The van der Waals surface area contributed by atoms with Crippen molar-refractivity contribution in [2.45, 2.75) is 26.6 Å². The Balaban J connectivity index is 2.43. The summed E-state index contributed by atoms with van der Waals surface area (Å²) in [5.74, 6) is -4.33. The van der Waals surface area contributed by atoms with Gasteiger partial charge >= 0.3 is 12.1 Å². The van der Waals surface area contributed by atoms with E-state index in [0.717, 1.165) is 11.1 Å². The largest absolute Gasteiger partial charge is 0.481 e. The van der Waals surface area contributed by atoms with Crippen LogP contribution >= 0.6 is 0 Å². The highest BCUT2D eigenvalue weighted by molar-refractivity contribution is 5.78. The van der Waals surface area contributed by atoms with Crippen molar-refractivity contribution < 1.29 is 23.1 Å². The van der Waals surface area contributed by atoms with Crippen LogP contribution in [0.5, 0.6) is 0 Å². The third-order valence-electron chi connectivity index (χ3n) is 3.31. The predicted octanol–water partition coefficient (Wildman–Crippen LogP) is 2.92. The predicted molar refractivity (Wildman–Crippen MR) is 66.4 cm³/mol. The Morgan fingerprint density at radius 3 is 2.50 bits per heavy atom. The van der Waals surface area contributed by atoms with Gasteiger partial charge in [-0.05, 0) is 37.1 Å². The first-order valence-corrected chi connectivity index (χ1v) is 5.91. The molecule has 0 bridgehead atoms. The Hall–Kier alpha value is -2.05. The standard InChI is InChI=1S/C13H13F3N2O2/c1-7-3-10-11(4-8(7)2)18(6-17-10)5-9(12(19)20)13(14,15)16/h3-4,6,9H,5H2,1-2H3,(H,19,20). The van der Waals surface area contributed by atoms with E-state index in [1.807, 2.05) is 13.8 Å². The molecule has 1 aromatic carbocycles. The van der Waals surface area contributed by atoms with E-state index in [4.69, 9.17) is 5.11 Å². The number of nitrogens with zero attached hydrogens (tertiary/aromatic N) is 2. The molecule has 7 heteroatoms. The van der Waals surface area contributed by atoms with Gasteiger partial charge in [-0.3, -0.25) is 4.79 Å². The van der Waals surface area contributed by atoms with Crippen molar-refractivity contribution in [1.29, 1.82) is 0 Å². The van der Waals surface area contributed by atoms with Crippen molar-refractivity contribution in [3.05, 3.63) is 29.6 Å². The first-order chi connectivity index (χ1) is 9.20. The number of fused-ring (bicyclic) bond motifs is 1. The number of alkyl halides is 3. The van der Waals surface area contributed by atoms with Crippen LogP contribution in [0.4, 0.5) is 13.2 Å². The average molecular weight is 286 g/mol. The van der Waals surface area contributed by atoms with Gasteiger partial charge in [-0.25, -0.2) is 4.98 Å². The molecule has 108 valence electrons. The Kier molecular flexibility index (Phi) is 3.45. The van der Waals surface area contributed by atoms with Gasteiger partial charge in [0.15, 0.2) is 5.92 Å². The summed E-state index contributed by atoms with van der Waals surface area (Å²) < 4.78 is 39.3. The maximum atomic E-state index is 12.7. The van der Waals surface area contributed by atoms with E-state index in [1.165, 1.54) is 10.9 Å². The van der Waals surface area contributed by atoms with Crippen molar-refractivity contribution >= 4 is 17.0 Å². The molecular formula is C13H13F3N2O2. The molecule has 1 heterocycles. The van der Waals surface area contributed by atoms with Crippen LogP contribution in [-0.4, -0.2) is 26.8 Å². The highest BCUT2D eigenvalue weighted by Crippen LogP contribution is 2.29. The Morgan fingerprint density at radius 1 is 1.35 bits per heavy atom. The molecule has 4 nitrogen and oxygen atoms in total. The maximum Gasteiger partial charge on any atom is 0.403 e. The van der Waals surface area contributed by atoms with Crippen molar-refractivity contribution in [3.63, 3.8) is 0 Å². The minimum absolute atomic E-state index is 0.503. The molecule has 1 atom stereocenters. The van der Waals surface area contributed by atoms with E-state index in [0.29, 0.717) is 11.0 Å². The summed E-state index contributed by atoms with van der Waals surface area (Å²) >= 11 is 0. The number of carboxylic acid groups (broad SMARTS) is 1. The topological polar surface area (TPSA) is 55.1 Å². The zero-order valence-corrected chi connectivity index (χ0v) is 10.9. The van der Waals surface area contributed by atoms with Crippen LogP contribution in [0.2, 0.25) is 0 Å². The molecule has 2 rings (SSSR count). The van der Waals surface area contributed by atoms with Crippen LogP contribution in [0.25, 0.3) is 11.0 Å². The van der Waals surface area contributed by atoms with Gasteiger partial charge in [0, 0.05) is 6.54 Å². The van der Waals surface area contributed by atoms with Crippen molar-refractivity contribution in [2.75, 3.05) is 0 Å². The number of carbonyl (C=O) groups is 1. The second-order valence-electron chi connectivity index (χ2n) is 4.75. The van der Waals surface area contributed by atoms with E-state index in [1.54, 1.807) is 12.1 Å². The molecule has 0 aliphatic rings. The van der Waals surface area contributed by atoms with E-state index < -0.39 is 24.6 Å². The lowest BCUT2D eigenvalue weighted by atomic mass is 10.1. The average Bonchev–Trinajstić information content (AvgIpc) is 2.67. The molecule has 2 aromatic rings. The highest BCUT2D eigenvalue weighted by atomic mass is 19.4. The molecule has 0 aliphatic heterocycles. The molecule has 1 unspecified atom stereocenters. The van der Waals surface area contributed by atoms with Gasteiger partial charge in [-0.15, -0.1) is 0 Å². The SMILES string of the molecule is Cc1cc2ncn(CC(C(=O)O)C(F)(F)F)c2cc1C. The third kappa shape index (κ3) is 2.61. The van der Waals surface area contributed by atoms with Crippen LogP contribution in [0.15, 0.2) is 18.5 Å². The molecule has 0 saturated heterocycles. The summed E-state index contributed by atoms with van der Waals surface area (Å²) in [6.45, 7) is 3.03. The van der Waals surface area contributed by atoms with Crippen molar-refractivity contribution in [1.82, 2.24) is 9.55 Å². The van der Waals surface area contributed by atoms with Gasteiger partial charge in [-0.2, -0.15) is 13.2 Å². The number of halogens is 3. The minimum atomic E-state index is -4.79. The third-order valence-corrected chi connectivity index (χ3v) is 3.31. The monoisotopic (exact) mass is 286 g/mol. The summed E-state index contributed by atoms with van der Waals surface area (Å²) in [6.07, 6.45) is -3.55. The lowest BCUT2D eigenvalue weighted by molar-refractivity contribution is -0.195. The summed E-state index contributed by atoms with van der Waals surface area (Å²) in [5, 5.41) is 8.72. The zero-order valence-electron chi connectivity index (χ0n) is 10.9.